The van der Waals surface area contributed by atoms with Gasteiger partial charge in [-0.05, 0) is 18.6 Å². The number of carbonyl (C=O) groups is 1. The van der Waals surface area contributed by atoms with Crippen molar-refractivity contribution in [1.29, 1.82) is 0 Å². The minimum Gasteiger partial charge on any atom is -0.421 e. The van der Waals surface area contributed by atoms with Gasteiger partial charge >= 0.3 is 12.0 Å². The number of rotatable bonds is 5. The topological polar surface area (TPSA) is 69.4 Å². The molecule has 0 saturated heterocycles. The highest BCUT2D eigenvalue weighted by atomic mass is 16.6. The van der Waals surface area contributed by atoms with Crippen LogP contribution in [0.3, 0.4) is 0 Å². The summed E-state index contributed by atoms with van der Waals surface area (Å²) in [5, 5.41) is 10.6. The Labute approximate surface area is 93.2 Å². The van der Waals surface area contributed by atoms with Crippen molar-refractivity contribution in [1.82, 2.24) is 0 Å². The summed E-state index contributed by atoms with van der Waals surface area (Å²) in [6.45, 7) is 1.78. The highest BCUT2D eigenvalue weighted by molar-refractivity contribution is 5.76. The van der Waals surface area contributed by atoms with Gasteiger partial charge in [0.25, 0.3) is 0 Å². The minimum atomic E-state index is -1.27. The molecule has 0 N–H and O–H groups in total. The van der Waals surface area contributed by atoms with Crippen molar-refractivity contribution in [3.63, 3.8) is 0 Å². The Morgan fingerprint density at radius 3 is 2.56 bits per heavy atom. The second kappa shape index (κ2) is 5.85. The van der Waals surface area contributed by atoms with Gasteiger partial charge in [0.05, 0.1) is 0 Å². The summed E-state index contributed by atoms with van der Waals surface area (Å²) in [4.78, 5) is 21.5. The molecule has 0 saturated carbocycles. The molecule has 1 unspecified atom stereocenters. The number of hydrogen-bond donors (Lipinski definition) is 0. The Morgan fingerprint density at radius 1 is 1.44 bits per heavy atom. The van der Waals surface area contributed by atoms with E-state index in [1.54, 1.807) is 37.3 Å². The van der Waals surface area contributed by atoms with Gasteiger partial charge in [-0.3, -0.25) is 10.1 Å². The van der Waals surface area contributed by atoms with Crippen molar-refractivity contribution in [2.45, 2.75) is 25.8 Å². The van der Waals surface area contributed by atoms with Gasteiger partial charge in [-0.25, -0.2) is 4.79 Å². The largest absolute Gasteiger partial charge is 0.421 e. The smallest absolute Gasteiger partial charge is 0.387 e. The van der Waals surface area contributed by atoms with Crippen molar-refractivity contribution in [3.05, 3.63) is 40.4 Å². The number of benzene rings is 1. The summed E-state index contributed by atoms with van der Waals surface area (Å²) in [5.74, 6) is -0.478. The van der Waals surface area contributed by atoms with E-state index < -0.39 is 16.9 Å². The first-order valence-electron chi connectivity index (χ1n) is 5.05. The Balaban J connectivity index is 2.66. The van der Waals surface area contributed by atoms with Gasteiger partial charge < -0.3 is 4.74 Å². The van der Waals surface area contributed by atoms with Crippen molar-refractivity contribution in [2.75, 3.05) is 0 Å². The van der Waals surface area contributed by atoms with Crippen molar-refractivity contribution in [3.8, 4) is 5.75 Å². The first-order valence-corrected chi connectivity index (χ1v) is 5.05. The van der Waals surface area contributed by atoms with Crippen LogP contribution in [0.5, 0.6) is 5.75 Å². The number of nitrogens with zero attached hydrogens (tertiary/aromatic N) is 1. The Kier molecular flexibility index (Phi) is 4.44. The third-order valence-electron chi connectivity index (χ3n) is 2.05. The molecule has 0 heterocycles. The van der Waals surface area contributed by atoms with Crippen LogP contribution in [0.1, 0.15) is 19.8 Å². The number of ether oxygens (including phenoxy) is 1. The maximum absolute atomic E-state index is 11.5. The zero-order chi connectivity index (χ0) is 12.0. The Bertz CT molecular complexity index is 364. The van der Waals surface area contributed by atoms with Crippen LogP contribution >= 0.6 is 0 Å². The average molecular weight is 223 g/mol. The standard InChI is InChI=1S/C11H13NO4/c1-2-6-10(12(14)15)11(13)16-9-7-4-3-5-8-9/h3-5,7-8,10H,2,6H2,1H3. The second-order valence-corrected chi connectivity index (χ2v) is 3.32. The molecule has 1 atom stereocenters. The van der Waals surface area contributed by atoms with Gasteiger partial charge in [0.2, 0.25) is 0 Å². The summed E-state index contributed by atoms with van der Waals surface area (Å²) < 4.78 is 4.91. The van der Waals surface area contributed by atoms with Crippen molar-refractivity contribution in [2.24, 2.45) is 0 Å². The predicted octanol–water partition coefficient (Wildman–Crippen LogP) is 2.04. The summed E-state index contributed by atoms with van der Waals surface area (Å²) in [6, 6.07) is 7.06. The number of esters is 1. The fourth-order valence-electron chi connectivity index (χ4n) is 1.26. The predicted molar refractivity (Wildman–Crippen MR) is 57.8 cm³/mol. The molecule has 86 valence electrons. The highest BCUT2D eigenvalue weighted by Gasteiger charge is 2.30. The minimum absolute atomic E-state index is 0.193. The maximum atomic E-state index is 11.5. The molecule has 0 radical (unpaired) electrons. The molecule has 1 aromatic rings. The lowest BCUT2D eigenvalue weighted by atomic mass is 10.2. The zero-order valence-corrected chi connectivity index (χ0v) is 8.96. The first-order chi connectivity index (χ1) is 7.65. The lowest BCUT2D eigenvalue weighted by Gasteiger charge is -2.07. The van der Waals surface area contributed by atoms with E-state index >= 15 is 0 Å². The molecule has 1 rings (SSSR count). The number of para-hydroxylation sites is 1. The molecular formula is C11H13NO4. The molecule has 1 aromatic carbocycles. The third kappa shape index (κ3) is 3.34. The van der Waals surface area contributed by atoms with E-state index in [2.05, 4.69) is 0 Å². The highest BCUT2D eigenvalue weighted by Crippen LogP contribution is 2.11. The Morgan fingerprint density at radius 2 is 2.06 bits per heavy atom. The molecule has 0 aliphatic rings. The van der Waals surface area contributed by atoms with Crippen LogP contribution < -0.4 is 4.74 Å². The lowest BCUT2D eigenvalue weighted by molar-refractivity contribution is -0.510. The molecule has 16 heavy (non-hydrogen) atoms. The van der Waals surface area contributed by atoms with E-state index in [-0.39, 0.29) is 6.42 Å². The molecule has 5 nitrogen and oxygen atoms in total. The molecule has 0 fully saturated rings. The van der Waals surface area contributed by atoms with Crippen LogP contribution in [0.25, 0.3) is 0 Å². The van der Waals surface area contributed by atoms with Crippen LogP contribution in [-0.2, 0) is 4.79 Å². The molecular weight excluding hydrogens is 210 g/mol. The quantitative estimate of drug-likeness (QED) is 0.331. The fraction of sp³-hybridized carbons (Fsp3) is 0.364. The van der Waals surface area contributed by atoms with Gasteiger partial charge in [0.15, 0.2) is 0 Å². The first kappa shape index (κ1) is 12.2. The van der Waals surface area contributed by atoms with E-state index in [0.717, 1.165) is 0 Å². The van der Waals surface area contributed by atoms with Crippen LogP contribution in [0.15, 0.2) is 30.3 Å². The van der Waals surface area contributed by atoms with Gasteiger partial charge in [-0.2, -0.15) is 0 Å². The second-order valence-electron chi connectivity index (χ2n) is 3.32. The van der Waals surface area contributed by atoms with Crippen molar-refractivity contribution >= 4 is 5.97 Å². The molecule has 0 spiro atoms. The maximum Gasteiger partial charge on any atom is 0.387 e. The number of hydrogen-bond acceptors (Lipinski definition) is 4. The van der Waals surface area contributed by atoms with Gasteiger partial charge in [-0.1, -0.05) is 25.1 Å². The molecule has 5 heteroatoms. The number of nitro groups is 1. The van der Waals surface area contributed by atoms with E-state index in [1.807, 2.05) is 0 Å². The van der Waals surface area contributed by atoms with E-state index in [9.17, 15) is 14.9 Å². The Hall–Kier alpha value is -1.91. The summed E-state index contributed by atoms with van der Waals surface area (Å²) in [5.41, 5.74) is 0. The van der Waals surface area contributed by atoms with E-state index in [1.165, 1.54) is 0 Å². The van der Waals surface area contributed by atoms with Crippen LogP contribution in [-0.4, -0.2) is 16.9 Å². The lowest BCUT2D eigenvalue weighted by Crippen LogP contribution is -2.33. The summed E-state index contributed by atoms with van der Waals surface area (Å²) in [7, 11) is 0. The van der Waals surface area contributed by atoms with Crippen LogP contribution in [0, 0.1) is 10.1 Å². The monoisotopic (exact) mass is 223 g/mol. The summed E-state index contributed by atoms with van der Waals surface area (Å²) >= 11 is 0. The zero-order valence-electron chi connectivity index (χ0n) is 8.96. The molecule has 0 bridgehead atoms. The van der Waals surface area contributed by atoms with E-state index in [4.69, 9.17) is 4.74 Å². The van der Waals surface area contributed by atoms with Crippen molar-refractivity contribution < 1.29 is 14.5 Å². The SMILES string of the molecule is CCCC(C(=O)Oc1ccccc1)[N+](=O)[O-]. The van der Waals surface area contributed by atoms with Gasteiger partial charge in [0.1, 0.15) is 5.75 Å². The molecule has 0 aliphatic heterocycles. The van der Waals surface area contributed by atoms with Crippen LogP contribution in [0.4, 0.5) is 0 Å². The molecule has 0 amide bonds. The third-order valence-corrected chi connectivity index (χ3v) is 2.05. The number of carbonyl (C=O) groups excluding carboxylic acids is 1. The van der Waals surface area contributed by atoms with E-state index in [0.29, 0.717) is 12.2 Å². The normalized spacial score (nSPS) is 11.8. The average Bonchev–Trinajstić information content (AvgIpc) is 2.26. The van der Waals surface area contributed by atoms with Gasteiger partial charge in [0, 0.05) is 11.3 Å². The summed E-state index contributed by atoms with van der Waals surface area (Å²) in [6.07, 6.45) is 0.758. The van der Waals surface area contributed by atoms with Gasteiger partial charge in [-0.15, -0.1) is 0 Å². The van der Waals surface area contributed by atoms with Crippen LogP contribution in [0.2, 0.25) is 0 Å². The fourth-order valence-corrected chi connectivity index (χ4v) is 1.26. The molecule has 0 aliphatic carbocycles. The molecule has 0 aromatic heterocycles.